The average Bonchev–Trinajstić information content (AvgIpc) is 2.09. The Bertz CT molecular complexity index is 184. The second-order valence-electron chi connectivity index (χ2n) is 3.75. The van der Waals surface area contributed by atoms with Gasteiger partial charge in [-0.05, 0) is 26.3 Å². The molecule has 0 radical (unpaired) electrons. The Morgan fingerprint density at radius 3 is 2.27 bits per heavy atom. The predicted octanol–water partition coefficient (Wildman–Crippen LogP) is 1.49. The fraction of sp³-hybridized carbons (Fsp3) is 0.778. The summed E-state index contributed by atoms with van der Waals surface area (Å²) < 4.78 is 5.41. The van der Waals surface area contributed by atoms with Crippen molar-refractivity contribution in [1.29, 1.82) is 0 Å². The molecule has 1 aliphatic rings. The predicted molar refractivity (Wildman–Crippen MR) is 44.4 cm³/mol. The van der Waals surface area contributed by atoms with Crippen molar-refractivity contribution >= 4 is 0 Å². The fourth-order valence-electron chi connectivity index (χ4n) is 1.60. The first kappa shape index (κ1) is 8.75. The molecule has 1 N–H and O–H groups in total. The number of hydrogen-bond acceptors (Lipinski definition) is 2. The zero-order chi connectivity index (χ0) is 8.70. The van der Waals surface area contributed by atoms with E-state index in [0.29, 0.717) is 13.0 Å². The van der Waals surface area contributed by atoms with E-state index in [2.05, 4.69) is 6.58 Å². The molecule has 0 aliphatic carbocycles. The number of hydrogen-bond donors (Lipinski definition) is 1. The van der Waals surface area contributed by atoms with Crippen LogP contribution in [0.15, 0.2) is 12.2 Å². The van der Waals surface area contributed by atoms with E-state index in [-0.39, 0.29) is 0 Å². The van der Waals surface area contributed by atoms with Gasteiger partial charge in [0.25, 0.3) is 0 Å². The molecular formula is C9H16O2. The van der Waals surface area contributed by atoms with Crippen LogP contribution in [0, 0.1) is 0 Å². The van der Waals surface area contributed by atoms with Gasteiger partial charge in [0.15, 0.2) is 0 Å². The summed E-state index contributed by atoms with van der Waals surface area (Å²) in [5.74, 6) is 0. The zero-order valence-electron chi connectivity index (χ0n) is 7.48. The first-order valence-corrected chi connectivity index (χ1v) is 3.92. The largest absolute Gasteiger partial charge is 0.382 e. The molecule has 0 spiro atoms. The molecule has 1 unspecified atom stereocenters. The summed E-state index contributed by atoms with van der Waals surface area (Å²) in [7, 11) is 0. The van der Waals surface area contributed by atoms with Crippen molar-refractivity contribution < 1.29 is 9.84 Å². The minimum Gasteiger partial charge on any atom is -0.382 e. The molecule has 0 aromatic heterocycles. The monoisotopic (exact) mass is 156 g/mol. The molecule has 2 nitrogen and oxygen atoms in total. The highest BCUT2D eigenvalue weighted by Crippen LogP contribution is 2.39. The highest BCUT2D eigenvalue weighted by Gasteiger charge is 2.49. The Morgan fingerprint density at radius 2 is 2.09 bits per heavy atom. The molecule has 0 amide bonds. The minimum absolute atomic E-state index is 0.473. The summed E-state index contributed by atoms with van der Waals surface area (Å²) in [6.45, 7) is 10.0. The summed E-state index contributed by atoms with van der Waals surface area (Å²) >= 11 is 0. The van der Waals surface area contributed by atoms with E-state index in [9.17, 15) is 5.11 Å². The summed E-state index contributed by atoms with van der Waals surface area (Å²) in [4.78, 5) is 0. The Morgan fingerprint density at radius 1 is 1.55 bits per heavy atom. The van der Waals surface area contributed by atoms with E-state index in [1.807, 2.05) is 20.8 Å². The molecule has 11 heavy (non-hydrogen) atoms. The quantitative estimate of drug-likeness (QED) is 0.583. The van der Waals surface area contributed by atoms with Gasteiger partial charge in [-0.1, -0.05) is 6.58 Å². The van der Waals surface area contributed by atoms with Crippen molar-refractivity contribution in [3.05, 3.63) is 12.2 Å². The van der Waals surface area contributed by atoms with Gasteiger partial charge in [0, 0.05) is 6.42 Å². The topological polar surface area (TPSA) is 29.5 Å². The van der Waals surface area contributed by atoms with Crippen molar-refractivity contribution in [3.8, 4) is 0 Å². The Labute approximate surface area is 67.9 Å². The summed E-state index contributed by atoms with van der Waals surface area (Å²) in [5.41, 5.74) is -0.508. The molecule has 2 heteroatoms. The summed E-state index contributed by atoms with van der Waals surface area (Å²) in [6, 6.07) is 0. The number of ether oxygens (including phenoxy) is 1. The van der Waals surface area contributed by atoms with Gasteiger partial charge in [-0.15, -0.1) is 0 Å². The Hall–Kier alpha value is -0.340. The lowest BCUT2D eigenvalue weighted by Gasteiger charge is -2.35. The highest BCUT2D eigenvalue weighted by atomic mass is 16.5. The van der Waals surface area contributed by atoms with E-state index in [0.717, 1.165) is 5.57 Å². The molecule has 0 saturated carbocycles. The third-order valence-electron chi connectivity index (χ3n) is 2.63. The van der Waals surface area contributed by atoms with Gasteiger partial charge in [0.1, 0.15) is 5.60 Å². The van der Waals surface area contributed by atoms with Crippen molar-refractivity contribution in [1.82, 2.24) is 0 Å². The van der Waals surface area contributed by atoms with Gasteiger partial charge in [0.05, 0.1) is 12.2 Å². The van der Waals surface area contributed by atoms with Gasteiger partial charge < -0.3 is 9.84 Å². The van der Waals surface area contributed by atoms with Crippen LogP contribution in [0.4, 0.5) is 0 Å². The molecule has 1 fully saturated rings. The second kappa shape index (κ2) is 2.32. The molecule has 1 rings (SSSR count). The molecule has 64 valence electrons. The van der Waals surface area contributed by atoms with Crippen molar-refractivity contribution in [2.24, 2.45) is 0 Å². The summed E-state index contributed by atoms with van der Waals surface area (Å²) in [6.07, 6.45) is 0.662. The highest BCUT2D eigenvalue weighted by molar-refractivity contribution is 5.19. The lowest BCUT2D eigenvalue weighted by atomic mass is 9.80. The molecule has 0 aromatic rings. The molecular weight excluding hydrogens is 140 g/mol. The van der Waals surface area contributed by atoms with Crippen LogP contribution in [0.25, 0.3) is 0 Å². The first-order valence-electron chi connectivity index (χ1n) is 3.92. The van der Waals surface area contributed by atoms with Gasteiger partial charge in [-0.25, -0.2) is 0 Å². The molecule has 1 saturated heterocycles. The van der Waals surface area contributed by atoms with E-state index >= 15 is 0 Å². The molecule has 0 aromatic carbocycles. The normalized spacial score (nSPS) is 35.6. The van der Waals surface area contributed by atoms with Crippen LogP contribution in [-0.4, -0.2) is 22.9 Å². The summed E-state index contributed by atoms with van der Waals surface area (Å²) in [5, 5.41) is 10.1. The molecule has 0 bridgehead atoms. The third kappa shape index (κ3) is 1.10. The van der Waals surface area contributed by atoms with Gasteiger partial charge in [0.2, 0.25) is 0 Å². The van der Waals surface area contributed by atoms with Crippen LogP contribution in [0.2, 0.25) is 0 Å². The van der Waals surface area contributed by atoms with E-state index in [1.165, 1.54) is 0 Å². The van der Waals surface area contributed by atoms with Crippen LogP contribution in [0.3, 0.4) is 0 Å². The van der Waals surface area contributed by atoms with Crippen LogP contribution in [0.5, 0.6) is 0 Å². The van der Waals surface area contributed by atoms with Crippen LogP contribution in [0.1, 0.15) is 27.2 Å². The van der Waals surface area contributed by atoms with Gasteiger partial charge in [-0.2, -0.15) is 0 Å². The lowest BCUT2D eigenvalue weighted by molar-refractivity contribution is -0.0753. The van der Waals surface area contributed by atoms with Crippen molar-refractivity contribution in [2.75, 3.05) is 6.61 Å². The lowest BCUT2D eigenvalue weighted by Crippen LogP contribution is -2.46. The van der Waals surface area contributed by atoms with E-state index in [4.69, 9.17) is 4.74 Å². The second-order valence-corrected chi connectivity index (χ2v) is 3.75. The standard InChI is InChI=1S/C9H16O2/c1-7(2)9(10)5-6-11-8(9,3)4/h10H,1,5-6H2,2-4H3. The SMILES string of the molecule is C=C(C)C1(O)CCOC1(C)C. The maximum absolute atomic E-state index is 10.1. The molecule has 1 heterocycles. The van der Waals surface area contributed by atoms with Crippen LogP contribution in [-0.2, 0) is 4.74 Å². The minimum atomic E-state index is -0.826. The van der Waals surface area contributed by atoms with Gasteiger partial charge >= 0.3 is 0 Å². The molecule has 1 aliphatic heterocycles. The molecule has 1 atom stereocenters. The Balaban J connectivity index is 2.93. The Kier molecular flexibility index (Phi) is 1.85. The maximum Gasteiger partial charge on any atom is 0.116 e. The number of rotatable bonds is 1. The maximum atomic E-state index is 10.1. The third-order valence-corrected chi connectivity index (χ3v) is 2.63. The van der Waals surface area contributed by atoms with E-state index in [1.54, 1.807) is 0 Å². The average molecular weight is 156 g/mol. The van der Waals surface area contributed by atoms with E-state index < -0.39 is 11.2 Å². The van der Waals surface area contributed by atoms with Crippen LogP contribution < -0.4 is 0 Å². The van der Waals surface area contributed by atoms with Crippen molar-refractivity contribution in [3.63, 3.8) is 0 Å². The van der Waals surface area contributed by atoms with Crippen LogP contribution >= 0.6 is 0 Å². The fourth-order valence-corrected chi connectivity index (χ4v) is 1.60. The smallest absolute Gasteiger partial charge is 0.116 e. The van der Waals surface area contributed by atoms with Gasteiger partial charge in [-0.3, -0.25) is 0 Å². The first-order chi connectivity index (χ1) is 4.90. The van der Waals surface area contributed by atoms with Crippen molar-refractivity contribution in [2.45, 2.75) is 38.4 Å². The zero-order valence-corrected chi connectivity index (χ0v) is 7.48. The number of aliphatic hydroxyl groups is 1.